The van der Waals surface area contributed by atoms with Crippen LogP contribution in [-0.2, 0) is 7.05 Å². The molecule has 0 unspecified atom stereocenters. The van der Waals surface area contributed by atoms with Crippen LogP contribution in [0.4, 0.5) is 8.78 Å². The predicted molar refractivity (Wildman–Crippen MR) is 53.8 cm³/mol. The third kappa shape index (κ3) is 1.33. The molecule has 0 aliphatic carbocycles. The fraction of sp³-hybridized carbons (Fsp3) is 0.182. The van der Waals surface area contributed by atoms with Gasteiger partial charge in [-0.3, -0.25) is 4.79 Å². The first-order chi connectivity index (χ1) is 7.02. The molecule has 0 spiro atoms. The Kier molecular flexibility index (Phi) is 2.07. The van der Waals surface area contributed by atoms with Gasteiger partial charge in [0.25, 0.3) is 0 Å². The highest BCUT2D eigenvalue weighted by Crippen LogP contribution is 2.17. The van der Waals surface area contributed by atoms with E-state index in [1.54, 1.807) is 14.0 Å². The average molecular weight is 209 g/mol. The Morgan fingerprint density at radius 1 is 1.20 bits per heavy atom. The molecule has 0 amide bonds. The maximum absolute atomic E-state index is 13.4. The minimum absolute atomic E-state index is 0.00519. The second-order valence-electron chi connectivity index (χ2n) is 3.50. The van der Waals surface area contributed by atoms with E-state index in [1.807, 2.05) is 0 Å². The van der Waals surface area contributed by atoms with Crippen LogP contribution in [0.5, 0.6) is 0 Å². The average Bonchev–Trinajstić information content (AvgIpc) is 2.18. The van der Waals surface area contributed by atoms with Crippen LogP contribution in [0, 0.1) is 18.6 Å². The molecule has 0 fully saturated rings. The molecule has 2 rings (SSSR count). The first-order valence-electron chi connectivity index (χ1n) is 4.46. The van der Waals surface area contributed by atoms with E-state index < -0.39 is 17.1 Å². The summed E-state index contributed by atoms with van der Waals surface area (Å²) < 4.78 is 28.2. The molecule has 0 aliphatic heterocycles. The molecule has 0 atom stereocenters. The van der Waals surface area contributed by atoms with Crippen LogP contribution in [0.25, 0.3) is 10.9 Å². The van der Waals surface area contributed by atoms with E-state index in [2.05, 4.69) is 0 Å². The summed E-state index contributed by atoms with van der Waals surface area (Å²) in [7, 11) is 1.58. The van der Waals surface area contributed by atoms with Crippen LogP contribution < -0.4 is 5.43 Å². The molecule has 1 aromatic heterocycles. The van der Waals surface area contributed by atoms with Crippen molar-refractivity contribution in [1.29, 1.82) is 0 Å². The summed E-state index contributed by atoms with van der Waals surface area (Å²) in [5, 5.41) is -0.183. The summed E-state index contributed by atoms with van der Waals surface area (Å²) in [6, 6.07) is 1.99. The lowest BCUT2D eigenvalue weighted by Crippen LogP contribution is -2.13. The fourth-order valence-electron chi connectivity index (χ4n) is 1.71. The monoisotopic (exact) mass is 209 g/mol. The first kappa shape index (κ1) is 9.83. The summed E-state index contributed by atoms with van der Waals surface area (Å²) in [5.41, 5.74) is -0.0554. The number of halogens is 2. The van der Waals surface area contributed by atoms with Crippen molar-refractivity contribution in [3.63, 3.8) is 0 Å². The lowest BCUT2D eigenvalue weighted by atomic mass is 10.1. The fourth-order valence-corrected chi connectivity index (χ4v) is 1.71. The van der Waals surface area contributed by atoms with Gasteiger partial charge in [0.1, 0.15) is 11.6 Å². The number of pyridine rings is 1. The molecular formula is C11H9F2NO. The van der Waals surface area contributed by atoms with Crippen molar-refractivity contribution >= 4 is 10.9 Å². The van der Waals surface area contributed by atoms with Gasteiger partial charge in [-0.1, -0.05) is 0 Å². The van der Waals surface area contributed by atoms with Gasteiger partial charge in [-0.15, -0.1) is 0 Å². The summed E-state index contributed by atoms with van der Waals surface area (Å²) in [6.07, 6.45) is 1.49. The number of aromatic nitrogens is 1. The van der Waals surface area contributed by atoms with E-state index in [4.69, 9.17) is 0 Å². The molecule has 0 aliphatic rings. The standard InChI is InChI=1S/C11H9F2NO/c1-6-5-14(2)10-8(13)4-3-7(12)9(10)11(6)15/h3-5H,1-2H3. The van der Waals surface area contributed by atoms with E-state index in [9.17, 15) is 13.6 Å². The number of nitrogens with zero attached hydrogens (tertiary/aromatic N) is 1. The van der Waals surface area contributed by atoms with E-state index in [0.717, 1.165) is 12.1 Å². The second-order valence-corrected chi connectivity index (χ2v) is 3.50. The Hall–Kier alpha value is -1.71. The molecule has 2 nitrogen and oxygen atoms in total. The maximum Gasteiger partial charge on any atom is 0.195 e. The van der Waals surface area contributed by atoms with Crippen molar-refractivity contribution in [1.82, 2.24) is 4.57 Å². The molecule has 0 saturated carbocycles. The largest absolute Gasteiger partial charge is 0.348 e. The summed E-state index contributed by atoms with van der Waals surface area (Å²) >= 11 is 0. The van der Waals surface area contributed by atoms with Crippen LogP contribution in [0.1, 0.15) is 5.56 Å². The highest BCUT2D eigenvalue weighted by molar-refractivity contribution is 5.80. The lowest BCUT2D eigenvalue weighted by Gasteiger charge is -2.07. The van der Waals surface area contributed by atoms with Crippen molar-refractivity contribution in [2.24, 2.45) is 7.05 Å². The second kappa shape index (κ2) is 3.15. The summed E-state index contributed by atoms with van der Waals surface area (Å²) in [5.74, 6) is -1.28. The Morgan fingerprint density at radius 2 is 1.80 bits per heavy atom. The third-order valence-corrected chi connectivity index (χ3v) is 2.40. The van der Waals surface area contributed by atoms with Crippen LogP contribution in [0.3, 0.4) is 0 Å². The van der Waals surface area contributed by atoms with Crippen LogP contribution in [-0.4, -0.2) is 4.57 Å². The normalized spacial score (nSPS) is 10.9. The van der Waals surface area contributed by atoms with Gasteiger partial charge in [0, 0.05) is 18.8 Å². The zero-order valence-corrected chi connectivity index (χ0v) is 8.34. The number of fused-ring (bicyclic) bond motifs is 1. The third-order valence-electron chi connectivity index (χ3n) is 2.40. The number of hydrogen-bond acceptors (Lipinski definition) is 1. The van der Waals surface area contributed by atoms with E-state index in [-0.39, 0.29) is 10.9 Å². The smallest absolute Gasteiger partial charge is 0.195 e. The molecule has 78 valence electrons. The SMILES string of the molecule is Cc1cn(C)c2c(F)ccc(F)c2c1=O. The van der Waals surface area contributed by atoms with Gasteiger partial charge in [0.05, 0.1) is 10.9 Å². The van der Waals surface area contributed by atoms with Crippen LogP contribution in [0.15, 0.2) is 23.1 Å². The highest BCUT2D eigenvalue weighted by Gasteiger charge is 2.12. The maximum atomic E-state index is 13.4. The lowest BCUT2D eigenvalue weighted by molar-refractivity contribution is 0.609. The predicted octanol–water partition coefficient (Wildman–Crippen LogP) is 2.13. The molecule has 2 aromatic rings. The van der Waals surface area contributed by atoms with Crippen molar-refractivity contribution < 1.29 is 8.78 Å². The number of benzene rings is 1. The quantitative estimate of drug-likeness (QED) is 0.651. The van der Waals surface area contributed by atoms with Gasteiger partial charge in [-0.2, -0.15) is 0 Å². The number of rotatable bonds is 0. The minimum Gasteiger partial charge on any atom is -0.348 e. The highest BCUT2D eigenvalue weighted by atomic mass is 19.1. The van der Waals surface area contributed by atoms with Gasteiger partial charge in [0.2, 0.25) is 0 Å². The molecule has 0 radical (unpaired) electrons. The topological polar surface area (TPSA) is 22.0 Å². The summed E-state index contributed by atoms with van der Waals surface area (Å²) in [6.45, 7) is 1.58. The van der Waals surface area contributed by atoms with Crippen molar-refractivity contribution in [2.45, 2.75) is 6.92 Å². The molecule has 1 heterocycles. The van der Waals surface area contributed by atoms with E-state index in [1.165, 1.54) is 10.8 Å². The Bertz CT molecular complexity index is 602. The van der Waals surface area contributed by atoms with E-state index in [0.29, 0.717) is 5.56 Å². The van der Waals surface area contributed by atoms with E-state index >= 15 is 0 Å². The Labute approximate surface area is 84.8 Å². The minimum atomic E-state index is -0.685. The Balaban J connectivity index is 3.16. The molecule has 0 bridgehead atoms. The zero-order chi connectivity index (χ0) is 11.2. The van der Waals surface area contributed by atoms with Crippen LogP contribution in [0.2, 0.25) is 0 Å². The Morgan fingerprint density at radius 3 is 2.47 bits per heavy atom. The zero-order valence-electron chi connectivity index (χ0n) is 8.34. The van der Waals surface area contributed by atoms with Gasteiger partial charge in [0.15, 0.2) is 5.43 Å². The van der Waals surface area contributed by atoms with Crippen molar-refractivity contribution in [3.05, 3.63) is 45.8 Å². The molecule has 0 saturated heterocycles. The first-order valence-corrected chi connectivity index (χ1v) is 4.46. The molecule has 1 aromatic carbocycles. The van der Waals surface area contributed by atoms with Gasteiger partial charge in [-0.05, 0) is 19.1 Å². The number of hydrogen-bond donors (Lipinski definition) is 0. The molecule has 4 heteroatoms. The number of aryl methyl sites for hydroxylation is 2. The van der Waals surface area contributed by atoms with Crippen LogP contribution >= 0.6 is 0 Å². The molecular weight excluding hydrogens is 200 g/mol. The van der Waals surface area contributed by atoms with Gasteiger partial charge >= 0.3 is 0 Å². The van der Waals surface area contributed by atoms with Crippen molar-refractivity contribution in [2.75, 3.05) is 0 Å². The molecule has 15 heavy (non-hydrogen) atoms. The summed E-state index contributed by atoms with van der Waals surface area (Å²) in [4.78, 5) is 11.6. The van der Waals surface area contributed by atoms with Gasteiger partial charge in [-0.25, -0.2) is 8.78 Å². The van der Waals surface area contributed by atoms with Gasteiger partial charge < -0.3 is 4.57 Å². The van der Waals surface area contributed by atoms with Crippen molar-refractivity contribution in [3.8, 4) is 0 Å². The molecule has 0 N–H and O–H groups in total.